The van der Waals surface area contributed by atoms with Crippen LogP contribution in [0.2, 0.25) is 0 Å². The van der Waals surface area contributed by atoms with Gasteiger partial charge in [-0.3, -0.25) is 4.98 Å². The van der Waals surface area contributed by atoms with Gasteiger partial charge < -0.3 is 10.1 Å². The van der Waals surface area contributed by atoms with Crippen LogP contribution in [0.5, 0.6) is 0 Å². The van der Waals surface area contributed by atoms with E-state index >= 15 is 0 Å². The highest BCUT2D eigenvalue weighted by Gasteiger charge is 2.13. The molecule has 0 bridgehead atoms. The zero-order chi connectivity index (χ0) is 13.2. The van der Waals surface area contributed by atoms with Gasteiger partial charge >= 0.3 is 0 Å². The third-order valence-electron chi connectivity index (χ3n) is 3.11. The fraction of sp³-hybridized carbons (Fsp3) is 0.667. The third kappa shape index (κ3) is 5.15. The van der Waals surface area contributed by atoms with Gasteiger partial charge in [0, 0.05) is 26.0 Å². The lowest BCUT2D eigenvalue weighted by Gasteiger charge is -2.19. The van der Waals surface area contributed by atoms with Crippen molar-refractivity contribution in [1.29, 1.82) is 0 Å². The Bertz CT molecular complexity index is 328. The van der Waals surface area contributed by atoms with E-state index in [-0.39, 0.29) is 0 Å². The van der Waals surface area contributed by atoms with Crippen molar-refractivity contribution in [3.05, 3.63) is 29.6 Å². The van der Waals surface area contributed by atoms with E-state index in [1.165, 1.54) is 17.7 Å². The number of hydrogen-bond donors (Lipinski definition) is 1. The van der Waals surface area contributed by atoms with Gasteiger partial charge in [0.1, 0.15) is 0 Å². The second-order valence-corrected chi connectivity index (χ2v) is 4.70. The fourth-order valence-electron chi connectivity index (χ4n) is 2.11. The molecule has 102 valence electrons. The smallest absolute Gasteiger partial charge is 0.0602 e. The lowest BCUT2D eigenvalue weighted by molar-refractivity contribution is 0.190. The Kier molecular flexibility index (Phi) is 7.62. The van der Waals surface area contributed by atoms with E-state index in [4.69, 9.17) is 4.74 Å². The Morgan fingerprint density at radius 3 is 2.89 bits per heavy atom. The molecular weight excluding hydrogens is 224 g/mol. The second kappa shape index (κ2) is 9.06. The van der Waals surface area contributed by atoms with Gasteiger partial charge in [-0.05, 0) is 50.8 Å². The van der Waals surface area contributed by atoms with E-state index in [9.17, 15) is 0 Å². The van der Waals surface area contributed by atoms with Crippen LogP contribution in [0, 0.1) is 6.92 Å². The van der Waals surface area contributed by atoms with E-state index in [1.807, 2.05) is 12.3 Å². The van der Waals surface area contributed by atoms with Crippen LogP contribution >= 0.6 is 0 Å². The highest BCUT2D eigenvalue weighted by molar-refractivity contribution is 5.21. The molecule has 0 spiro atoms. The van der Waals surface area contributed by atoms with E-state index in [0.717, 1.165) is 32.4 Å². The van der Waals surface area contributed by atoms with Crippen LogP contribution < -0.4 is 5.32 Å². The van der Waals surface area contributed by atoms with Crippen molar-refractivity contribution < 1.29 is 4.74 Å². The normalized spacial score (nSPS) is 12.6. The molecule has 0 amide bonds. The standard InChI is InChI=1S/C15H26N2O/c1-4-10-16-14(9-5-6-12-18-3)15-13(2)8-7-11-17-15/h7-8,11,14,16H,4-6,9-10,12H2,1-3H3. The summed E-state index contributed by atoms with van der Waals surface area (Å²) in [5.74, 6) is 0. The molecule has 0 fully saturated rings. The Labute approximate surface area is 111 Å². The Hall–Kier alpha value is -0.930. The Balaban J connectivity index is 2.57. The Morgan fingerprint density at radius 1 is 1.39 bits per heavy atom. The third-order valence-corrected chi connectivity index (χ3v) is 3.11. The van der Waals surface area contributed by atoms with E-state index in [2.05, 4.69) is 30.2 Å². The molecule has 0 aromatic carbocycles. The van der Waals surface area contributed by atoms with Gasteiger partial charge in [-0.1, -0.05) is 13.0 Å². The summed E-state index contributed by atoms with van der Waals surface area (Å²) in [5.41, 5.74) is 2.47. The first kappa shape index (κ1) is 15.1. The number of aromatic nitrogens is 1. The molecule has 0 radical (unpaired) electrons. The summed E-state index contributed by atoms with van der Waals surface area (Å²) in [4.78, 5) is 4.54. The zero-order valence-electron chi connectivity index (χ0n) is 11.9. The van der Waals surface area contributed by atoms with Crippen LogP contribution in [0.1, 0.15) is 49.9 Å². The largest absolute Gasteiger partial charge is 0.385 e. The molecule has 1 heterocycles. The maximum absolute atomic E-state index is 5.10. The quantitative estimate of drug-likeness (QED) is 0.683. The number of nitrogens with zero attached hydrogens (tertiary/aromatic N) is 1. The SMILES string of the molecule is CCCNC(CCCCOC)c1ncccc1C. The van der Waals surface area contributed by atoms with Gasteiger partial charge in [0.05, 0.1) is 5.69 Å². The van der Waals surface area contributed by atoms with Gasteiger partial charge in [0.2, 0.25) is 0 Å². The minimum absolute atomic E-state index is 0.378. The maximum Gasteiger partial charge on any atom is 0.0602 e. The van der Waals surface area contributed by atoms with Gasteiger partial charge in [-0.15, -0.1) is 0 Å². The molecule has 1 unspecified atom stereocenters. The van der Waals surface area contributed by atoms with Crippen LogP contribution in [-0.4, -0.2) is 25.2 Å². The number of rotatable bonds is 9. The number of unbranched alkanes of at least 4 members (excludes halogenated alkanes) is 1. The van der Waals surface area contributed by atoms with Gasteiger partial charge in [0.25, 0.3) is 0 Å². The molecule has 3 heteroatoms. The molecule has 0 saturated heterocycles. The summed E-state index contributed by atoms with van der Waals surface area (Å²) in [7, 11) is 1.76. The average molecular weight is 250 g/mol. The van der Waals surface area contributed by atoms with Crippen molar-refractivity contribution in [2.45, 2.75) is 45.6 Å². The van der Waals surface area contributed by atoms with Crippen LogP contribution in [0.15, 0.2) is 18.3 Å². The van der Waals surface area contributed by atoms with E-state index in [1.54, 1.807) is 7.11 Å². The highest BCUT2D eigenvalue weighted by Crippen LogP contribution is 2.20. The lowest BCUT2D eigenvalue weighted by atomic mass is 10.0. The molecule has 0 aliphatic rings. The molecule has 1 aromatic heterocycles. The molecule has 0 aliphatic heterocycles. The molecule has 1 atom stereocenters. The van der Waals surface area contributed by atoms with E-state index < -0.39 is 0 Å². The van der Waals surface area contributed by atoms with Crippen molar-refractivity contribution in [2.75, 3.05) is 20.3 Å². The number of pyridine rings is 1. The van der Waals surface area contributed by atoms with Gasteiger partial charge in [-0.2, -0.15) is 0 Å². The molecule has 0 aliphatic carbocycles. The fourth-order valence-corrected chi connectivity index (χ4v) is 2.11. The summed E-state index contributed by atoms with van der Waals surface area (Å²) in [6.45, 7) is 6.23. The number of aryl methyl sites for hydroxylation is 1. The van der Waals surface area contributed by atoms with E-state index in [0.29, 0.717) is 6.04 Å². The first-order valence-corrected chi connectivity index (χ1v) is 6.93. The van der Waals surface area contributed by atoms with Crippen molar-refractivity contribution in [3.8, 4) is 0 Å². The summed E-state index contributed by atoms with van der Waals surface area (Å²) in [6, 6.07) is 4.52. The predicted molar refractivity (Wildman–Crippen MR) is 75.7 cm³/mol. The van der Waals surface area contributed by atoms with Gasteiger partial charge in [0.15, 0.2) is 0 Å². The Morgan fingerprint density at radius 2 is 2.22 bits per heavy atom. The molecule has 0 saturated carbocycles. The first-order valence-electron chi connectivity index (χ1n) is 6.93. The van der Waals surface area contributed by atoms with Crippen molar-refractivity contribution in [2.24, 2.45) is 0 Å². The van der Waals surface area contributed by atoms with Gasteiger partial charge in [-0.25, -0.2) is 0 Å². The van der Waals surface area contributed by atoms with Crippen LogP contribution in [-0.2, 0) is 4.74 Å². The number of methoxy groups -OCH3 is 1. The number of hydrogen-bond acceptors (Lipinski definition) is 3. The minimum atomic E-state index is 0.378. The van der Waals surface area contributed by atoms with Crippen LogP contribution in [0.3, 0.4) is 0 Å². The monoisotopic (exact) mass is 250 g/mol. The second-order valence-electron chi connectivity index (χ2n) is 4.70. The molecule has 18 heavy (non-hydrogen) atoms. The number of ether oxygens (including phenoxy) is 1. The molecule has 3 nitrogen and oxygen atoms in total. The summed E-state index contributed by atoms with van der Waals surface area (Å²) >= 11 is 0. The molecule has 1 aromatic rings. The number of nitrogens with one attached hydrogen (secondary N) is 1. The highest BCUT2D eigenvalue weighted by atomic mass is 16.5. The lowest BCUT2D eigenvalue weighted by Crippen LogP contribution is -2.24. The summed E-state index contributed by atoms with van der Waals surface area (Å²) in [5, 5.41) is 3.60. The van der Waals surface area contributed by atoms with Crippen LogP contribution in [0.25, 0.3) is 0 Å². The predicted octanol–water partition coefficient (Wildman–Crippen LogP) is 3.25. The van der Waals surface area contributed by atoms with Crippen LogP contribution in [0.4, 0.5) is 0 Å². The first-order chi connectivity index (χ1) is 8.79. The van der Waals surface area contributed by atoms with Crippen molar-refractivity contribution >= 4 is 0 Å². The molecule has 1 rings (SSSR count). The minimum Gasteiger partial charge on any atom is -0.385 e. The average Bonchev–Trinajstić information content (AvgIpc) is 2.39. The maximum atomic E-state index is 5.10. The summed E-state index contributed by atoms with van der Waals surface area (Å²) in [6.07, 6.45) is 6.46. The summed E-state index contributed by atoms with van der Waals surface area (Å²) < 4.78 is 5.10. The molecule has 1 N–H and O–H groups in total. The van der Waals surface area contributed by atoms with Crippen molar-refractivity contribution in [3.63, 3.8) is 0 Å². The molecular formula is C15H26N2O. The zero-order valence-corrected chi connectivity index (χ0v) is 11.9. The topological polar surface area (TPSA) is 34.1 Å². The van der Waals surface area contributed by atoms with Crippen molar-refractivity contribution in [1.82, 2.24) is 10.3 Å².